The van der Waals surface area contributed by atoms with Gasteiger partial charge in [0.15, 0.2) is 0 Å². The normalized spacial score (nSPS) is 16.5. The van der Waals surface area contributed by atoms with Crippen molar-refractivity contribution in [1.82, 2.24) is 0 Å². The minimum Gasteiger partial charge on any atom is -0.373 e. The lowest BCUT2D eigenvalue weighted by atomic mass is 10.1. The topological polar surface area (TPSA) is 9.23 Å². The Kier molecular flexibility index (Phi) is 5.06. The molecule has 1 rings (SSSR count). The summed E-state index contributed by atoms with van der Waals surface area (Å²) >= 11 is 3.52. The van der Waals surface area contributed by atoms with E-state index < -0.39 is 0 Å². The summed E-state index contributed by atoms with van der Waals surface area (Å²) in [4.78, 5) is 0. The van der Waals surface area contributed by atoms with Gasteiger partial charge < -0.3 is 4.74 Å². The molecule has 0 bridgehead atoms. The Balaban J connectivity index is 2.66. The highest BCUT2D eigenvalue weighted by molar-refractivity contribution is 9.11. The smallest absolute Gasteiger partial charge is 0.0706 e. The van der Waals surface area contributed by atoms with Crippen LogP contribution in [-0.2, 0) is 4.74 Å². The molecule has 0 aromatic carbocycles. The van der Waals surface area contributed by atoms with Crippen LogP contribution in [0.3, 0.4) is 0 Å². The van der Waals surface area contributed by atoms with Crippen LogP contribution in [0, 0.1) is 0 Å². The standard InChI is InChI=1S/C13H17BrO/c1-4-11(7-12-8-15-9-12)5-6-13(14)10(2)3/h4-7H,8-9H2,1-3H3/b6-5-,11-4+. The Morgan fingerprint density at radius 1 is 1.27 bits per heavy atom. The van der Waals surface area contributed by atoms with Gasteiger partial charge in [-0.1, -0.05) is 39.7 Å². The Labute approximate surface area is 100 Å². The third-order valence-corrected chi connectivity index (χ3v) is 3.24. The van der Waals surface area contributed by atoms with Gasteiger partial charge in [-0.2, -0.15) is 0 Å². The number of hydrogen-bond donors (Lipinski definition) is 0. The SMILES string of the molecule is C/C=C(C=C1COC1)\C=C/C(Br)=C(C)C. The molecule has 0 aromatic rings. The van der Waals surface area contributed by atoms with Gasteiger partial charge in [-0.25, -0.2) is 0 Å². The molecule has 0 aliphatic carbocycles. The van der Waals surface area contributed by atoms with Crippen LogP contribution >= 0.6 is 15.9 Å². The van der Waals surface area contributed by atoms with Crippen molar-refractivity contribution >= 4 is 15.9 Å². The van der Waals surface area contributed by atoms with Gasteiger partial charge >= 0.3 is 0 Å². The van der Waals surface area contributed by atoms with Crippen LogP contribution in [0.2, 0.25) is 0 Å². The molecule has 0 amide bonds. The number of ether oxygens (including phenoxy) is 1. The quantitative estimate of drug-likeness (QED) is 0.700. The van der Waals surface area contributed by atoms with Gasteiger partial charge in [0, 0.05) is 4.48 Å². The molecule has 1 aliphatic heterocycles. The fourth-order valence-electron chi connectivity index (χ4n) is 1.10. The van der Waals surface area contributed by atoms with E-state index in [-0.39, 0.29) is 0 Å². The zero-order chi connectivity index (χ0) is 11.3. The van der Waals surface area contributed by atoms with Crippen LogP contribution in [0.4, 0.5) is 0 Å². The largest absolute Gasteiger partial charge is 0.373 e. The van der Waals surface area contributed by atoms with Crippen molar-refractivity contribution < 1.29 is 4.74 Å². The van der Waals surface area contributed by atoms with E-state index in [1.54, 1.807) is 0 Å². The average Bonchev–Trinajstić information content (AvgIpc) is 2.14. The first-order valence-electron chi connectivity index (χ1n) is 5.08. The zero-order valence-corrected chi connectivity index (χ0v) is 11.1. The summed E-state index contributed by atoms with van der Waals surface area (Å²) in [5, 5.41) is 0. The molecule has 1 saturated heterocycles. The van der Waals surface area contributed by atoms with Crippen molar-refractivity contribution in [3.63, 3.8) is 0 Å². The summed E-state index contributed by atoms with van der Waals surface area (Å²) in [5.74, 6) is 0. The molecule has 0 saturated carbocycles. The first kappa shape index (κ1) is 12.5. The molecule has 15 heavy (non-hydrogen) atoms. The van der Waals surface area contributed by atoms with Crippen molar-refractivity contribution in [1.29, 1.82) is 0 Å². The number of hydrogen-bond acceptors (Lipinski definition) is 1. The summed E-state index contributed by atoms with van der Waals surface area (Å²) in [6.07, 6.45) is 8.49. The van der Waals surface area contributed by atoms with E-state index in [1.807, 2.05) is 6.92 Å². The van der Waals surface area contributed by atoms with E-state index in [9.17, 15) is 0 Å². The summed E-state index contributed by atoms with van der Waals surface area (Å²) in [5.41, 5.74) is 3.87. The van der Waals surface area contributed by atoms with Crippen LogP contribution in [0.5, 0.6) is 0 Å². The highest BCUT2D eigenvalue weighted by atomic mass is 79.9. The number of allylic oxidation sites excluding steroid dienone is 7. The van der Waals surface area contributed by atoms with Crippen LogP contribution in [0.25, 0.3) is 0 Å². The molecular weight excluding hydrogens is 252 g/mol. The summed E-state index contributed by atoms with van der Waals surface area (Å²) < 4.78 is 6.25. The Morgan fingerprint density at radius 3 is 2.33 bits per heavy atom. The van der Waals surface area contributed by atoms with E-state index >= 15 is 0 Å². The molecule has 1 aliphatic rings. The molecule has 0 aromatic heterocycles. The molecular formula is C13H17BrO. The minimum absolute atomic E-state index is 0.787. The van der Waals surface area contributed by atoms with Crippen LogP contribution in [-0.4, -0.2) is 13.2 Å². The van der Waals surface area contributed by atoms with Gasteiger partial charge in [0.05, 0.1) is 13.2 Å². The number of rotatable bonds is 3. The van der Waals surface area contributed by atoms with E-state index in [0.29, 0.717) is 0 Å². The molecule has 2 heteroatoms. The highest BCUT2D eigenvalue weighted by Crippen LogP contribution is 2.16. The molecule has 0 atom stereocenters. The Morgan fingerprint density at radius 2 is 1.93 bits per heavy atom. The molecule has 1 nitrogen and oxygen atoms in total. The second-order valence-electron chi connectivity index (χ2n) is 3.77. The number of halogens is 1. The van der Waals surface area contributed by atoms with Crippen molar-refractivity contribution in [2.75, 3.05) is 13.2 Å². The monoisotopic (exact) mass is 268 g/mol. The Hall–Kier alpha value is -0.600. The van der Waals surface area contributed by atoms with Gasteiger partial charge in [-0.05, 0) is 38.0 Å². The second kappa shape index (κ2) is 6.09. The van der Waals surface area contributed by atoms with E-state index in [4.69, 9.17) is 4.74 Å². The molecule has 82 valence electrons. The highest BCUT2D eigenvalue weighted by Gasteiger charge is 2.07. The molecule has 0 radical (unpaired) electrons. The van der Waals surface area contributed by atoms with Crippen molar-refractivity contribution in [2.45, 2.75) is 20.8 Å². The van der Waals surface area contributed by atoms with Gasteiger partial charge in [0.1, 0.15) is 0 Å². The molecule has 0 unspecified atom stereocenters. The third kappa shape index (κ3) is 4.18. The minimum atomic E-state index is 0.787. The van der Waals surface area contributed by atoms with Gasteiger partial charge in [-0.3, -0.25) is 0 Å². The van der Waals surface area contributed by atoms with E-state index in [1.165, 1.54) is 16.7 Å². The van der Waals surface area contributed by atoms with Crippen molar-refractivity contribution in [2.24, 2.45) is 0 Å². The summed E-state index contributed by atoms with van der Waals surface area (Å²) in [6.45, 7) is 7.79. The summed E-state index contributed by atoms with van der Waals surface area (Å²) in [7, 11) is 0. The van der Waals surface area contributed by atoms with E-state index in [2.05, 4.69) is 54.1 Å². The predicted molar refractivity (Wildman–Crippen MR) is 69.1 cm³/mol. The van der Waals surface area contributed by atoms with E-state index in [0.717, 1.165) is 17.7 Å². The molecule has 0 spiro atoms. The van der Waals surface area contributed by atoms with Crippen LogP contribution in [0.15, 0.2) is 45.5 Å². The maximum absolute atomic E-state index is 5.11. The maximum Gasteiger partial charge on any atom is 0.0706 e. The Bertz CT molecular complexity index is 336. The van der Waals surface area contributed by atoms with Crippen LogP contribution in [0.1, 0.15) is 20.8 Å². The van der Waals surface area contributed by atoms with Gasteiger partial charge in [0.2, 0.25) is 0 Å². The van der Waals surface area contributed by atoms with Crippen molar-refractivity contribution in [3.8, 4) is 0 Å². The fraction of sp³-hybridized carbons (Fsp3) is 0.385. The lowest BCUT2D eigenvalue weighted by molar-refractivity contribution is 0.103. The second-order valence-corrected chi connectivity index (χ2v) is 4.62. The predicted octanol–water partition coefficient (Wildman–Crippen LogP) is 4.13. The first-order chi connectivity index (χ1) is 7.13. The molecule has 1 fully saturated rings. The molecule has 0 N–H and O–H groups in total. The lowest BCUT2D eigenvalue weighted by Gasteiger charge is -2.17. The van der Waals surface area contributed by atoms with Crippen molar-refractivity contribution in [3.05, 3.63) is 45.5 Å². The lowest BCUT2D eigenvalue weighted by Crippen LogP contribution is -2.15. The third-order valence-electron chi connectivity index (χ3n) is 2.18. The fourth-order valence-corrected chi connectivity index (χ4v) is 1.23. The molecule has 1 heterocycles. The zero-order valence-electron chi connectivity index (χ0n) is 9.51. The first-order valence-corrected chi connectivity index (χ1v) is 5.87. The van der Waals surface area contributed by atoms with Gasteiger partial charge in [0.25, 0.3) is 0 Å². The van der Waals surface area contributed by atoms with Gasteiger partial charge in [-0.15, -0.1) is 0 Å². The average molecular weight is 269 g/mol. The maximum atomic E-state index is 5.11. The van der Waals surface area contributed by atoms with Crippen LogP contribution < -0.4 is 0 Å². The summed E-state index contributed by atoms with van der Waals surface area (Å²) in [6, 6.07) is 0.